The topological polar surface area (TPSA) is 54.8 Å². The highest BCUT2D eigenvalue weighted by Gasteiger charge is 2.27. The summed E-state index contributed by atoms with van der Waals surface area (Å²) in [6, 6.07) is 10.3. The molecule has 1 fully saturated rings. The molecule has 0 atom stereocenters. The number of likely N-dealkylation sites (tertiary alicyclic amines) is 1. The van der Waals surface area contributed by atoms with Crippen molar-refractivity contribution in [2.75, 3.05) is 13.1 Å². The molecule has 4 rings (SSSR count). The van der Waals surface area contributed by atoms with Gasteiger partial charge >= 0.3 is 6.09 Å². The Labute approximate surface area is 157 Å². The van der Waals surface area contributed by atoms with Gasteiger partial charge in [-0.3, -0.25) is 4.99 Å². The van der Waals surface area contributed by atoms with Crippen molar-refractivity contribution in [3.05, 3.63) is 52.7 Å². The van der Waals surface area contributed by atoms with Crippen molar-refractivity contribution in [1.29, 1.82) is 0 Å². The second-order valence-electron chi connectivity index (χ2n) is 6.53. The van der Waals surface area contributed by atoms with Crippen molar-refractivity contribution in [3.8, 4) is 11.3 Å². The molecule has 1 amide bonds. The van der Waals surface area contributed by atoms with Crippen LogP contribution < -0.4 is 0 Å². The summed E-state index contributed by atoms with van der Waals surface area (Å²) in [4.78, 5) is 23.0. The van der Waals surface area contributed by atoms with Crippen LogP contribution in [-0.2, 0) is 4.74 Å². The molecule has 2 aliphatic rings. The van der Waals surface area contributed by atoms with Gasteiger partial charge in [0.05, 0.1) is 16.9 Å². The molecule has 0 N–H and O–H groups in total. The minimum Gasteiger partial charge on any atom is -0.413 e. The second-order valence-corrected chi connectivity index (χ2v) is 7.42. The van der Waals surface area contributed by atoms with E-state index in [2.05, 4.69) is 22.5 Å². The molecule has 1 aromatic heterocycles. The molecule has 6 heteroatoms. The van der Waals surface area contributed by atoms with Crippen LogP contribution in [0.15, 0.2) is 52.7 Å². The summed E-state index contributed by atoms with van der Waals surface area (Å²) >= 11 is 1.72. The summed E-state index contributed by atoms with van der Waals surface area (Å²) in [5.74, 6) is 1.08. The molecular weight excluding hydrogens is 346 g/mol. The number of carbonyl (C=O) groups excluding carboxylic acids is 1. The van der Waals surface area contributed by atoms with Crippen LogP contribution in [0.25, 0.3) is 11.3 Å². The van der Waals surface area contributed by atoms with Crippen LogP contribution in [0.1, 0.15) is 36.6 Å². The Hall–Kier alpha value is -2.47. The summed E-state index contributed by atoms with van der Waals surface area (Å²) in [5.41, 5.74) is 2.19. The number of nitrogens with zero attached hydrogens (tertiary/aromatic N) is 3. The number of piperidine rings is 1. The summed E-state index contributed by atoms with van der Waals surface area (Å²) in [7, 11) is 0. The number of amides is 1. The Morgan fingerprint density at radius 3 is 2.73 bits per heavy atom. The first kappa shape index (κ1) is 17.0. The highest BCUT2D eigenvalue weighted by molar-refractivity contribution is 7.10. The molecule has 2 aromatic rings. The standard InChI is InChI=1S/C20H21N3O2S/c24-20(25-17-7-4-10-21-13-17)23-11-8-16(9-12-23)19-22-18(14-26-19)15-5-2-1-3-6-15/h1-3,5-6,10,13-14,16H,4,7-9,11-12H2. The summed E-state index contributed by atoms with van der Waals surface area (Å²) in [6.45, 7) is 1.42. The number of hydrogen-bond donors (Lipinski definition) is 0. The maximum Gasteiger partial charge on any atom is 0.414 e. The Morgan fingerprint density at radius 2 is 2.00 bits per heavy atom. The maximum absolute atomic E-state index is 12.3. The van der Waals surface area contributed by atoms with Gasteiger partial charge in [-0.05, 0) is 19.3 Å². The van der Waals surface area contributed by atoms with Crippen LogP contribution >= 0.6 is 11.3 Å². The highest BCUT2D eigenvalue weighted by Crippen LogP contribution is 2.33. The van der Waals surface area contributed by atoms with Gasteiger partial charge in [0.25, 0.3) is 0 Å². The van der Waals surface area contributed by atoms with Gasteiger partial charge in [-0.2, -0.15) is 0 Å². The first-order valence-electron chi connectivity index (χ1n) is 8.98. The molecule has 2 aliphatic heterocycles. The molecule has 0 saturated carbocycles. The normalized spacial score (nSPS) is 17.8. The van der Waals surface area contributed by atoms with Crippen LogP contribution in [0.4, 0.5) is 4.79 Å². The van der Waals surface area contributed by atoms with Gasteiger partial charge in [-0.1, -0.05) is 30.3 Å². The Balaban J connectivity index is 1.34. The Morgan fingerprint density at radius 1 is 1.19 bits per heavy atom. The summed E-state index contributed by atoms with van der Waals surface area (Å²) in [6.07, 6.45) is 6.63. The third-order valence-corrected chi connectivity index (χ3v) is 5.76. The lowest BCUT2D eigenvalue weighted by Gasteiger charge is -2.30. The number of aromatic nitrogens is 1. The first-order chi connectivity index (χ1) is 12.8. The van der Waals surface area contributed by atoms with E-state index in [1.54, 1.807) is 22.4 Å². The molecule has 3 heterocycles. The lowest BCUT2D eigenvalue weighted by atomic mass is 9.98. The number of aliphatic imine (C=N–C) groups is 1. The van der Waals surface area contributed by atoms with Crippen LogP contribution in [0.5, 0.6) is 0 Å². The number of allylic oxidation sites excluding steroid dienone is 1. The van der Waals surface area contributed by atoms with E-state index in [1.807, 2.05) is 24.4 Å². The monoisotopic (exact) mass is 367 g/mol. The minimum absolute atomic E-state index is 0.254. The molecule has 0 unspecified atom stereocenters. The number of hydrogen-bond acceptors (Lipinski definition) is 5. The van der Waals surface area contributed by atoms with Crippen LogP contribution in [-0.4, -0.2) is 35.3 Å². The molecule has 0 spiro atoms. The summed E-state index contributed by atoms with van der Waals surface area (Å²) < 4.78 is 5.46. The second kappa shape index (κ2) is 7.83. The van der Waals surface area contributed by atoms with E-state index in [-0.39, 0.29) is 6.09 Å². The lowest BCUT2D eigenvalue weighted by Crippen LogP contribution is -2.38. The SMILES string of the molecule is O=C(OC1=CN=CCC1)N1CCC(c2nc(-c3ccccc3)cs2)CC1. The van der Waals surface area contributed by atoms with Crippen molar-refractivity contribution in [3.63, 3.8) is 0 Å². The molecule has 134 valence electrons. The fourth-order valence-electron chi connectivity index (χ4n) is 3.26. The molecule has 26 heavy (non-hydrogen) atoms. The van der Waals surface area contributed by atoms with Gasteiger partial charge in [0.1, 0.15) is 5.76 Å². The smallest absolute Gasteiger partial charge is 0.413 e. The predicted molar refractivity (Wildman–Crippen MR) is 103 cm³/mol. The van der Waals surface area contributed by atoms with Crippen molar-refractivity contribution in [2.45, 2.75) is 31.6 Å². The molecule has 0 aliphatic carbocycles. The molecule has 0 radical (unpaired) electrons. The number of ether oxygens (including phenoxy) is 1. The van der Waals surface area contributed by atoms with E-state index in [4.69, 9.17) is 9.72 Å². The third-order valence-electron chi connectivity index (χ3n) is 4.76. The van der Waals surface area contributed by atoms with Gasteiger partial charge < -0.3 is 9.64 Å². The van der Waals surface area contributed by atoms with Crippen LogP contribution in [0.3, 0.4) is 0 Å². The minimum atomic E-state index is -0.254. The zero-order valence-corrected chi connectivity index (χ0v) is 15.3. The largest absolute Gasteiger partial charge is 0.414 e. The Bertz CT molecular complexity index is 821. The average Bonchev–Trinajstić information content (AvgIpc) is 3.20. The van der Waals surface area contributed by atoms with Crippen molar-refractivity contribution >= 4 is 23.6 Å². The zero-order chi connectivity index (χ0) is 17.8. The maximum atomic E-state index is 12.3. The van der Waals surface area contributed by atoms with Gasteiger partial charge in [0.2, 0.25) is 0 Å². The van der Waals surface area contributed by atoms with E-state index in [0.717, 1.165) is 36.9 Å². The highest BCUT2D eigenvalue weighted by atomic mass is 32.1. The van der Waals surface area contributed by atoms with Crippen molar-refractivity contribution in [1.82, 2.24) is 9.88 Å². The van der Waals surface area contributed by atoms with E-state index < -0.39 is 0 Å². The Kier molecular flexibility index (Phi) is 5.11. The number of rotatable bonds is 3. The first-order valence-corrected chi connectivity index (χ1v) is 9.86. The van der Waals surface area contributed by atoms with Gasteiger partial charge in [-0.15, -0.1) is 11.3 Å². The van der Waals surface area contributed by atoms with Crippen molar-refractivity contribution in [2.24, 2.45) is 4.99 Å². The number of carbonyl (C=O) groups is 1. The van der Waals surface area contributed by atoms with E-state index >= 15 is 0 Å². The average molecular weight is 367 g/mol. The lowest BCUT2D eigenvalue weighted by molar-refractivity contribution is 0.114. The zero-order valence-electron chi connectivity index (χ0n) is 14.5. The van der Waals surface area contributed by atoms with Gasteiger partial charge in [0, 0.05) is 42.6 Å². The predicted octanol–water partition coefficient (Wildman–Crippen LogP) is 4.83. The fourth-order valence-corrected chi connectivity index (χ4v) is 4.26. The number of benzene rings is 1. The summed E-state index contributed by atoms with van der Waals surface area (Å²) in [5, 5.41) is 3.29. The number of thiazole rings is 1. The molecular formula is C20H21N3O2S. The third kappa shape index (κ3) is 3.85. The van der Waals surface area contributed by atoms with E-state index in [9.17, 15) is 4.79 Å². The van der Waals surface area contributed by atoms with E-state index in [0.29, 0.717) is 24.8 Å². The molecule has 1 saturated heterocycles. The molecule has 1 aromatic carbocycles. The fraction of sp³-hybridized carbons (Fsp3) is 0.350. The van der Waals surface area contributed by atoms with E-state index in [1.165, 1.54) is 5.01 Å². The van der Waals surface area contributed by atoms with Crippen LogP contribution in [0, 0.1) is 0 Å². The quantitative estimate of drug-likeness (QED) is 0.780. The molecule has 5 nitrogen and oxygen atoms in total. The molecule has 0 bridgehead atoms. The van der Waals surface area contributed by atoms with Gasteiger partial charge in [0.15, 0.2) is 0 Å². The van der Waals surface area contributed by atoms with Gasteiger partial charge in [-0.25, -0.2) is 9.78 Å². The van der Waals surface area contributed by atoms with Crippen LogP contribution in [0.2, 0.25) is 0 Å². The van der Waals surface area contributed by atoms with Crippen molar-refractivity contribution < 1.29 is 9.53 Å².